The minimum Gasteiger partial charge on any atom is -0.462 e. The number of hydrogen-bond acceptors (Lipinski definition) is 5. The lowest BCUT2D eigenvalue weighted by Crippen LogP contribution is -2.17. The van der Waals surface area contributed by atoms with Crippen molar-refractivity contribution in [3.63, 3.8) is 0 Å². The zero-order valence-corrected chi connectivity index (χ0v) is 13.8. The molecule has 1 aromatic carbocycles. The smallest absolute Gasteiger partial charge is 0.341 e. The molecular weight excluding hydrogens is 298 g/mol. The van der Waals surface area contributed by atoms with Gasteiger partial charge in [-0.05, 0) is 45.1 Å². The maximum atomic E-state index is 11.8. The van der Waals surface area contributed by atoms with Crippen LogP contribution in [0.5, 0.6) is 0 Å². The number of allylic oxidation sites excluding steroid dienone is 2. The fourth-order valence-corrected chi connectivity index (χ4v) is 3.32. The number of carbonyl (C=O) groups is 2. The van der Waals surface area contributed by atoms with Crippen LogP contribution in [0.25, 0.3) is 0 Å². The molecule has 0 spiro atoms. The third kappa shape index (κ3) is 3.42. The summed E-state index contributed by atoms with van der Waals surface area (Å²) >= 11 is 1.63. The number of para-hydroxylation sites is 1. The summed E-state index contributed by atoms with van der Waals surface area (Å²) in [6.45, 7) is 6.23. The van der Waals surface area contributed by atoms with Crippen LogP contribution < -0.4 is 4.90 Å². The van der Waals surface area contributed by atoms with E-state index >= 15 is 0 Å². The third-order valence-corrected chi connectivity index (χ3v) is 4.35. The molecule has 5 heteroatoms. The maximum Gasteiger partial charge on any atom is 0.341 e. The van der Waals surface area contributed by atoms with E-state index in [-0.39, 0.29) is 18.0 Å². The monoisotopic (exact) mass is 317 g/mol. The molecule has 0 unspecified atom stereocenters. The summed E-state index contributed by atoms with van der Waals surface area (Å²) in [6, 6.07) is 8.12. The zero-order valence-electron chi connectivity index (χ0n) is 13.0. The lowest BCUT2D eigenvalue weighted by molar-refractivity contribution is -0.139. The van der Waals surface area contributed by atoms with E-state index < -0.39 is 5.97 Å². The number of ketones is 1. The lowest BCUT2D eigenvalue weighted by Gasteiger charge is -2.17. The standard InChI is InChI=1S/C17H19NO3S/c1-4-18-14-8-6-7-9-15(14)22-16(18)11-10-13(12(3)19)17(20)21-5-2/h6-11H,4-5H2,1-3H3/b13-10-,16-11+. The number of thioether (sulfide) groups is 1. The highest BCUT2D eigenvalue weighted by molar-refractivity contribution is 8.03. The predicted molar refractivity (Wildman–Crippen MR) is 88.8 cm³/mol. The fourth-order valence-electron chi connectivity index (χ4n) is 2.20. The molecule has 0 saturated carbocycles. The quantitative estimate of drug-likeness (QED) is 0.360. The van der Waals surface area contributed by atoms with Gasteiger partial charge in [0.1, 0.15) is 5.57 Å². The average Bonchev–Trinajstić information content (AvgIpc) is 2.84. The van der Waals surface area contributed by atoms with Crippen LogP contribution >= 0.6 is 11.8 Å². The minimum atomic E-state index is -0.574. The molecule has 0 fully saturated rings. The van der Waals surface area contributed by atoms with E-state index in [1.54, 1.807) is 24.8 Å². The first-order valence-electron chi connectivity index (χ1n) is 7.22. The molecule has 0 radical (unpaired) electrons. The second-order valence-electron chi connectivity index (χ2n) is 4.68. The largest absolute Gasteiger partial charge is 0.462 e. The molecule has 0 saturated heterocycles. The van der Waals surface area contributed by atoms with Crippen LogP contribution in [0.1, 0.15) is 20.8 Å². The Kier molecular flexibility index (Phi) is 5.44. The number of rotatable bonds is 5. The summed E-state index contributed by atoms with van der Waals surface area (Å²) in [5, 5.41) is 0.992. The Morgan fingerprint density at radius 1 is 1.27 bits per heavy atom. The van der Waals surface area contributed by atoms with Crippen LogP contribution in [0.2, 0.25) is 0 Å². The summed E-state index contributed by atoms with van der Waals surface area (Å²) < 4.78 is 4.92. The average molecular weight is 317 g/mol. The minimum absolute atomic E-state index is 0.0713. The van der Waals surface area contributed by atoms with Crippen molar-refractivity contribution in [3.8, 4) is 0 Å². The first kappa shape index (κ1) is 16.4. The van der Waals surface area contributed by atoms with Crippen molar-refractivity contribution < 1.29 is 14.3 Å². The molecule has 22 heavy (non-hydrogen) atoms. The van der Waals surface area contributed by atoms with E-state index in [1.807, 2.05) is 18.2 Å². The second kappa shape index (κ2) is 7.31. The summed E-state index contributed by atoms with van der Waals surface area (Å²) in [6.07, 6.45) is 3.36. The van der Waals surface area contributed by atoms with Crippen LogP contribution in [0.15, 0.2) is 51.9 Å². The molecule has 0 atom stereocenters. The number of esters is 1. The lowest BCUT2D eigenvalue weighted by atomic mass is 10.2. The van der Waals surface area contributed by atoms with E-state index in [9.17, 15) is 9.59 Å². The van der Waals surface area contributed by atoms with Crippen LogP contribution in [-0.2, 0) is 14.3 Å². The Bertz CT molecular complexity index is 649. The first-order valence-corrected chi connectivity index (χ1v) is 8.04. The number of anilines is 1. The Labute approximate surface area is 134 Å². The van der Waals surface area contributed by atoms with E-state index in [4.69, 9.17) is 4.74 Å². The van der Waals surface area contributed by atoms with E-state index in [0.717, 1.165) is 17.3 Å². The normalized spacial score (nSPS) is 15.9. The molecule has 0 bridgehead atoms. The molecular formula is C17H19NO3S. The number of Topliss-reactive ketones (excluding diaryl/α,β-unsaturated/α-hetero) is 1. The molecule has 0 N–H and O–H groups in total. The van der Waals surface area contributed by atoms with Crippen LogP contribution in [0.4, 0.5) is 5.69 Å². The Balaban J connectivity index is 2.31. The van der Waals surface area contributed by atoms with Gasteiger partial charge in [-0.25, -0.2) is 4.79 Å². The molecule has 0 aliphatic carbocycles. The number of fused-ring (bicyclic) bond motifs is 1. The van der Waals surface area contributed by atoms with Gasteiger partial charge in [-0.1, -0.05) is 23.9 Å². The van der Waals surface area contributed by atoms with Crippen LogP contribution in [-0.4, -0.2) is 24.9 Å². The Morgan fingerprint density at radius 3 is 2.64 bits per heavy atom. The van der Waals surface area contributed by atoms with E-state index in [2.05, 4.69) is 24.0 Å². The fraction of sp³-hybridized carbons (Fsp3) is 0.294. The summed E-state index contributed by atoms with van der Waals surface area (Å²) in [7, 11) is 0. The summed E-state index contributed by atoms with van der Waals surface area (Å²) in [4.78, 5) is 26.7. The molecule has 0 aromatic heterocycles. The van der Waals surface area contributed by atoms with E-state index in [1.165, 1.54) is 11.8 Å². The van der Waals surface area contributed by atoms with Gasteiger partial charge in [0.25, 0.3) is 0 Å². The third-order valence-electron chi connectivity index (χ3n) is 3.22. The van der Waals surface area contributed by atoms with Gasteiger partial charge in [0.15, 0.2) is 5.78 Å². The zero-order chi connectivity index (χ0) is 16.1. The van der Waals surface area contributed by atoms with Gasteiger partial charge in [0.05, 0.1) is 17.3 Å². The highest BCUT2D eigenvalue weighted by Crippen LogP contribution is 2.45. The van der Waals surface area contributed by atoms with Gasteiger partial charge in [-0.3, -0.25) is 4.79 Å². The molecule has 1 aliphatic rings. The molecule has 1 aliphatic heterocycles. The molecule has 1 heterocycles. The van der Waals surface area contributed by atoms with Crippen molar-refractivity contribution in [1.29, 1.82) is 0 Å². The van der Waals surface area contributed by atoms with Gasteiger partial charge in [-0.15, -0.1) is 0 Å². The number of benzene rings is 1. The van der Waals surface area contributed by atoms with Crippen LogP contribution in [0, 0.1) is 0 Å². The van der Waals surface area contributed by atoms with Gasteiger partial charge in [0, 0.05) is 11.4 Å². The molecule has 0 amide bonds. The molecule has 4 nitrogen and oxygen atoms in total. The number of hydrogen-bond donors (Lipinski definition) is 0. The number of carbonyl (C=O) groups excluding carboxylic acids is 2. The van der Waals surface area contributed by atoms with Gasteiger partial charge < -0.3 is 9.64 Å². The van der Waals surface area contributed by atoms with Crippen molar-refractivity contribution in [3.05, 3.63) is 47.0 Å². The van der Waals surface area contributed by atoms with Crippen molar-refractivity contribution in [2.75, 3.05) is 18.1 Å². The summed E-state index contributed by atoms with van der Waals surface area (Å²) in [5.74, 6) is -0.866. The van der Waals surface area contributed by atoms with Crippen molar-refractivity contribution in [1.82, 2.24) is 0 Å². The van der Waals surface area contributed by atoms with Crippen molar-refractivity contribution in [2.24, 2.45) is 0 Å². The molecule has 116 valence electrons. The summed E-state index contributed by atoms with van der Waals surface area (Å²) in [5.41, 5.74) is 1.22. The maximum absolute atomic E-state index is 11.8. The Hall–Kier alpha value is -2.01. The van der Waals surface area contributed by atoms with Crippen LogP contribution in [0.3, 0.4) is 0 Å². The topological polar surface area (TPSA) is 46.6 Å². The van der Waals surface area contributed by atoms with Crippen molar-refractivity contribution >= 4 is 29.2 Å². The second-order valence-corrected chi connectivity index (χ2v) is 5.74. The molecule has 1 aromatic rings. The highest BCUT2D eigenvalue weighted by Gasteiger charge is 2.23. The highest BCUT2D eigenvalue weighted by atomic mass is 32.2. The molecule has 2 rings (SSSR count). The predicted octanol–water partition coefficient (Wildman–Crippen LogP) is 3.54. The Morgan fingerprint density at radius 2 is 2.00 bits per heavy atom. The van der Waals surface area contributed by atoms with Crippen molar-refractivity contribution in [2.45, 2.75) is 25.7 Å². The van der Waals surface area contributed by atoms with Gasteiger partial charge in [-0.2, -0.15) is 0 Å². The van der Waals surface area contributed by atoms with E-state index in [0.29, 0.717) is 0 Å². The first-order chi connectivity index (χ1) is 10.6. The van der Waals surface area contributed by atoms with Gasteiger partial charge in [0.2, 0.25) is 0 Å². The number of ether oxygens (including phenoxy) is 1. The van der Waals surface area contributed by atoms with Gasteiger partial charge >= 0.3 is 5.97 Å². The number of nitrogens with zero attached hydrogens (tertiary/aromatic N) is 1. The SMILES string of the molecule is CCOC(=O)/C(=C\C=C1\Sc2ccccc2N1CC)C(C)=O.